The lowest BCUT2D eigenvalue weighted by Gasteiger charge is -2.20. The second-order valence-electron chi connectivity index (χ2n) is 7.31. The molecule has 2 rings (SSSR count). The molecule has 3 N–H and O–H groups in total. The fourth-order valence-corrected chi connectivity index (χ4v) is 3.94. The maximum Gasteiger partial charge on any atom is 0.208 e. The first kappa shape index (κ1) is 24.3. The monoisotopic (exact) mass is 434 g/mol. The highest BCUT2D eigenvalue weighted by molar-refractivity contribution is 7.89. The van der Waals surface area contributed by atoms with Gasteiger partial charge >= 0.3 is 0 Å². The molecule has 0 spiro atoms. The maximum absolute atomic E-state index is 12.6. The Balaban J connectivity index is 2.01. The van der Waals surface area contributed by atoms with E-state index in [2.05, 4.69) is 5.73 Å². The number of rotatable bonds is 12. The zero-order valence-corrected chi connectivity index (χ0v) is 18.1. The second-order valence-corrected chi connectivity index (χ2v) is 8.66. The molecule has 0 aromatic heterocycles. The van der Waals surface area contributed by atoms with Gasteiger partial charge in [0, 0.05) is 12.9 Å². The molecule has 1 aromatic rings. The van der Waals surface area contributed by atoms with Gasteiger partial charge in [-0.25, -0.2) is 0 Å². The Morgan fingerprint density at radius 2 is 1.97 bits per heavy atom. The van der Waals surface area contributed by atoms with Crippen molar-refractivity contribution < 1.29 is 29.1 Å². The van der Waals surface area contributed by atoms with E-state index in [1.165, 1.54) is 18.4 Å². The molecule has 0 aliphatic heterocycles. The molecule has 1 aliphatic rings. The Bertz CT molecular complexity index is 825. The van der Waals surface area contributed by atoms with Crippen LogP contribution >= 0.6 is 0 Å². The minimum Gasteiger partial charge on any atom is -0.494 e. The Labute approximate surface area is 180 Å². The van der Waals surface area contributed by atoms with Crippen molar-refractivity contribution in [2.24, 2.45) is 0 Å². The van der Waals surface area contributed by atoms with Crippen LogP contribution in [0.4, 0.5) is 0 Å². The Hall–Kier alpha value is -2.02. The molecule has 0 amide bonds. The molecule has 0 heterocycles. The number of ether oxygens (including phenoxy) is 1. The maximum atomic E-state index is 12.6. The van der Waals surface area contributed by atoms with Crippen LogP contribution in [0, 0.1) is 0 Å². The lowest BCUT2D eigenvalue weighted by molar-refractivity contribution is -0.112. The zero-order chi connectivity index (χ0) is 22.0. The van der Waals surface area contributed by atoms with E-state index >= 15 is 0 Å². The summed E-state index contributed by atoms with van der Waals surface area (Å²) < 4.78 is 17.5. The van der Waals surface area contributed by atoms with Crippen molar-refractivity contribution in [2.45, 2.75) is 50.2 Å². The molecule has 1 aliphatic carbocycles. The van der Waals surface area contributed by atoms with Gasteiger partial charge in [0.1, 0.15) is 11.4 Å². The highest BCUT2D eigenvalue weighted by atomic mass is 32.2. The minimum absolute atomic E-state index is 0.00365. The quantitative estimate of drug-likeness (QED) is 0.265. The van der Waals surface area contributed by atoms with Gasteiger partial charge in [0.15, 0.2) is 0 Å². The van der Waals surface area contributed by atoms with Gasteiger partial charge in [0.05, 0.1) is 34.0 Å². The van der Waals surface area contributed by atoms with Crippen LogP contribution in [0.1, 0.15) is 38.5 Å². The number of carbonyl (C=O) groups excluding carboxylic acids is 1. The number of ketones is 1. The lowest BCUT2D eigenvalue weighted by atomic mass is 9.91. The summed E-state index contributed by atoms with van der Waals surface area (Å²) in [4.78, 5) is 12.7. The summed E-state index contributed by atoms with van der Waals surface area (Å²) in [6.45, 7) is 0.486. The summed E-state index contributed by atoms with van der Waals surface area (Å²) in [5, 5.41) is 29.8. The third-order valence-corrected chi connectivity index (χ3v) is 5.78. The number of benzene rings is 1. The SMILES string of the molecule is CS(=O)C1=CC(O)(CCCCOc2ccccc2)C(=C=CCC(O)CCCO)C1=O. The second kappa shape index (κ2) is 12.0. The summed E-state index contributed by atoms with van der Waals surface area (Å²) >= 11 is 0. The van der Waals surface area contributed by atoms with Gasteiger partial charge in [0.25, 0.3) is 0 Å². The normalized spacial score (nSPS) is 20.5. The molecule has 30 heavy (non-hydrogen) atoms. The van der Waals surface area contributed by atoms with Crippen molar-refractivity contribution in [1.29, 1.82) is 0 Å². The summed E-state index contributed by atoms with van der Waals surface area (Å²) in [7, 11) is -1.52. The van der Waals surface area contributed by atoms with Gasteiger partial charge < -0.3 is 20.1 Å². The van der Waals surface area contributed by atoms with Crippen molar-refractivity contribution in [3.05, 3.63) is 58.7 Å². The standard InChI is InChI=1S/C23H30O6S/c1-30(28)21-17-23(27,14-5-6-16-29-19-11-3-2-4-12-19)20(22(21)26)13-7-9-18(25)10-8-15-24/h2-4,7,11-12,17-18,24-25,27H,5-6,8-10,14-16H2,1H3. The van der Waals surface area contributed by atoms with Gasteiger partial charge in [0.2, 0.25) is 5.78 Å². The molecule has 3 unspecified atom stereocenters. The van der Waals surface area contributed by atoms with E-state index in [0.717, 1.165) is 5.75 Å². The summed E-state index contributed by atoms with van der Waals surface area (Å²) in [6, 6.07) is 9.44. The van der Waals surface area contributed by atoms with Gasteiger partial charge in [-0.3, -0.25) is 9.00 Å². The number of aliphatic hydroxyl groups excluding tert-OH is 2. The van der Waals surface area contributed by atoms with Crippen LogP contribution in [0.15, 0.2) is 58.7 Å². The Morgan fingerprint density at radius 3 is 2.63 bits per heavy atom. The molecular weight excluding hydrogens is 404 g/mol. The van der Waals surface area contributed by atoms with Crippen LogP contribution in [0.2, 0.25) is 0 Å². The summed E-state index contributed by atoms with van der Waals surface area (Å²) in [5.74, 6) is 0.305. The van der Waals surface area contributed by atoms with E-state index in [4.69, 9.17) is 9.84 Å². The molecule has 1 aromatic carbocycles. The van der Waals surface area contributed by atoms with Crippen LogP contribution in [-0.2, 0) is 15.6 Å². The first-order valence-electron chi connectivity index (χ1n) is 10.1. The van der Waals surface area contributed by atoms with Gasteiger partial charge in [-0.1, -0.05) is 18.2 Å². The highest BCUT2D eigenvalue weighted by Gasteiger charge is 2.42. The van der Waals surface area contributed by atoms with Crippen LogP contribution in [0.5, 0.6) is 5.75 Å². The van der Waals surface area contributed by atoms with Crippen LogP contribution in [0.3, 0.4) is 0 Å². The molecule has 7 heteroatoms. The average molecular weight is 435 g/mol. The van der Waals surface area contributed by atoms with Crippen LogP contribution < -0.4 is 4.74 Å². The average Bonchev–Trinajstić information content (AvgIpc) is 2.98. The van der Waals surface area contributed by atoms with Crippen molar-refractivity contribution >= 4 is 16.6 Å². The van der Waals surface area contributed by atoms with Crippen molar-refractivity contribution in [1.82, 2.24) is 0 Å². The number of para-hydroxylation sites is 1. The lowest BCUT2D eigenvalue weighted by Crippen LogP contribution is -2.27. The first-order valence-corrected chi connectivity index (χ1v) is 11.7. The largest absolute Gasteiger partial charge is 0.494 e. The molecule has 3 atom stereocenters. The predicted octanol–water partition coefficient (Wildman–Crippen LogP) is 2.42. The number of hydrogen-bond acceptors (Lipinski definition) is 6. The molecule has 0 saturated heterocycles. The Kier molecular flexibility index (Phi) is 9.69. The van der Waals surface area contributed by atoms with Crippen molar-refractivity contribution in [3.63, 3.8) is 0 Å². The fraction of sp³-hybridized carbons (Fsp3) is 0.478. The molecule has 164 valence electrons. The number of hydrogen-bond donors (Lipinski definition) is 3. The number of allylic oxidation sites excluding steroid dienone is 1. The topological polar surface area (TPSA) is 104 Å². The van der Waals surface area contributed by atoms with Gasteiger partial charge in [-0.05, 0) is 62.8 Å². The smallest absolute Gasteiger partial charge is 0.208 e. The van der Waals surface area contributed by atoms with Crippen molar-refractivity contribution in [2.75, 3.05) is 19.5 Å². The summed E-state index contributed by atoms with van der Waals surface area (Å²) in [5.41, 5.74) is 1.36. The fourth-order valence-electron chi connectivity index (χ4n) is 3.22. The first-order chi connectivity index (χ1) is 14.4. The van der Waals surface area contributed by atoms with Gasteiger partial charge in [-0.15, -0.1) is 5.73 Å². The van der Waals surface area contributed by atoms with E-state index in [1.54, 1.807) is 0 Å². The van der Waals surface area contributed by atoms with E-state index in [-0.39, 0.29) is 29.9 Å². The van der Waals surface area contributed by atoms with Crippen LogP contribution in [-0.4, -0.2) is 56.5 Å². The molecular formula is C23H30O6S. The number of unbranched alkanes of at least 4 members (excludes halogenated alkanes) is 1. The molecule has 0 saturated carbocycles. The predicted molar refractivity (Wildman–Crippen MR) is 116 cm³/mol. The van der Waals surface area contributed by atoms with E-state index in [9.17, 15) is 19.2 Å². The van der Waals surface area contributed by atoms with E-state index < -0.39 is 28.3 Å². The van der Waals surface area contributed by atoms with Crippen LogP contribution in [0.25, 0.3) is 0 Å². The van der Waals surface area contributed by atoms with E-state index in [0.29, 0.717) is 32.3 Å². The highest BCUT2D eigenvalue weighted by Crippen LogP contribution is 2.35. The number of aliphatic hydroxyl groups is 3. The zero-order valence-electron chi connectivity index (χ0n) is 17.3. The molecule has 0 radical (unpaired) electrons. The van der Waals surface area contributed by atoms with Gasteiger partial charge in [-0.2, -0.15) is 0 Å². The third kappa shape index (κ3) is 7.04. The summed E-state index contributed by atoms with van der Waals surface area (Å²) in [6.07, 6.45) is 6.38. The molecule has 6 nitrogen and oxygen atoms in total. The van der Waals surface area contributed by atoms with E-state index in [1.807, 2.05) is 30.3 Å². The van der Waals surface area contributed by atoms with Crippen molar-refractivity contribution in [3.8, 4) is 5.75 Å². The third-order valence-electron chi connectivity index (χ3n) is 4.86. The minimum atomic E-state index is -1.53. The molecule has 0 bridgehead atoms. The Morgan fingerprint density at radius 1 is 1.23 bits per heavy atom. The number of Topliss-reactive ketones (excluding diaryl/α,β-unsaturated/α-hetero) is 1. The molecule has 0 fully saturated rings. The number of carbonyl (C=O) groups is 1.